The molecule has 5 heteroatoms. The molecule has 0 heterocycles. The lowest BCUT2D eigenvalue weighted by molar-refractivity contribution is -0.128. The molecule has 0 radical (unpaired) electrons. The Morgan fingerprint density at radius 3 is 2.07 bits per heavy atom. The molecule has 3 aromatic rings. The normalized spacial score (nSPS) is 11.4. The number of hydrogen-bond acceptors (Lipinski definition) is 4. The van der Waals surface area contributed by atoms with Crippen LogP contribution in [0.1, 0.15) is 0 Å². The monoisotopic (exact) mass is 390 g/mol. The zero-order valence-corrected chi connectivity index (χ0v) is 15.5. The van der Waals surface area contributed by atoms with E-state index in [0.717, 1.165) is 11.6 Å². The number of ether oxygens (including phenoxy) is 2. The van der Waals surface area contributed by atoms with E-state index in [4.69, 9.17) is 9.47 Å². The highest BCUT2D eigenvalue weighted by atomic mass is 19.1. The van der Waals surface area contributed by atoms with E-state index < -0.39 is 12.3 Å². The van der Waals surface area contributed by atoms with Gasteiger partial charge >= 0.3 is 5.97 Å². The smallest absolute Gasteiger partial charge is 0.335 e. The first kappa shape index (κ1) is 20.0. The van der Waals surface area contributed by atoms with Crippen LogP contribution in [-0.4, -0.2) is 17.4 Å². The highest BCUT2D eigenvalue weighted by Gasteiger charge is 2.09. The first-order valence-electron chi connectivity index (χ1n) is 8.82. The minimum Gasteiger partial charge on any atom is -0.461 e. The van der Waals surface area contributed by atoms with Crippen LogP contribution in [0.4, 0.5) is 4.39 Å². The first-order valence-corrected chi connectivity index (χ1v) is 8.82. The number of halogens is 1. The van der Waals surface area contributed by atoms with Gasteiger partial charge in [-0.05, 0) is 53.1 Å². The predicted molar refractivity (Wildman–Crippen MR) is 110 cm³/mol. The summed E-state index contributed by atoms with van der Waals surface area (Å²) in [5.74, 6) is -0.0666. The molecule has 0 spiro atoms. The molecule has 0 bridgehead atoms. The SMILES string of the molecule is C=CC(=O)Oc1ccc(-c2ccc(-c3ccc(OC(O)C=C)cc3)c(F)c2)cc1. The molecule has 0 aliphatic heterocycles. The summed E-state index contributed by atoms with van der Waals surface area (Å²) in [6.45, 7) is 6.79. The lowest BCUT2D eigenvalue weighted by Crippen LogP contribution is -2.10. The second-order valence-electron chi connectivity index (χ2n) is 6.11. The summed E-state index contributed by atoms with van der Waals surface area (Å²) in [7, 11) is 0. The van der Waals surface area contributed by atoms with Gasteiger partial charge < -0.3 is 14.6 Å². The van der Waals surface area contributed by atoms with E-state index in [1.807, 2.05) is 6.07 Å². The molecule has 0 amide bonds. The van der Waals surface area contributed by atoms with Gasteiger partial charge in [0, 0.05) is 11.6 Å². The maximum absolute atomic E-state index is 14.7. The molecule has 29 heavy (non-hydrogen) atoms. The third-order valence-electron chi connectivity index (χ3n) is 4.17. The van der Waals surface area contributed by atoms with E-state index in [1.165, 1.54) is 12.1 Å². The van der Waals surface area contributed by atoms with Gasteiger partial charge in [0.15, 0.2) is 0 Å². The van der Waals surface area contributed by atoms with Crippen LogP contribution in [-0.2, 0) is 4.79 Å². The van der Waals surface area contributed by atoms with Gasteiger partial charge in [-0.2, -0.15) is 0 Å². The molecular weight excluding hydrogens is 371 g/mol. The Morgan fingerprint density at radius 1 is 0.897 bits per heavy atom. The van der Waals surface area contributed by atoms with E-state index >= 15 is 0 Å². The number of carbonyl (C=O) groups excluding carboxylic acids is 1. The zero-order valence-electron chi connectivity index (χ0n) is 15.5. The van der Waals surface area contributed by atoms with Gasteiger partial charge in [0.1, 0.15) is 17.3 Å². The molecule has 1 unspecified atom stereocenters. The third kappa shape index (κ3) is 4.97. The van der Waals surface area contributed by atoms with Gasteiger partial charge in [-0.25, -0.2) is 9.18 Å². The van der Waals surface area contributed by atoms with Crippen LogP contribution >= 0.6 is 0 Å². The van der Waals surface area contributed by atoms with E-state index in [0.29, 0.717) is 28.2 Å². The van der Waals surface area contributed by atoms with E-state index in [1.54, 1.807) is 54.6 Å². The van der Waals surface area contributed by atoms with Crippen LogP contribution in [0.3, 0.4) is 0 Å². The Balaban J connectivity index is 1.79. The van der Waals surface area contributed by atoms with Gasteiger partial charge in [0.05, 0.1) is 0 Å². The molecule has 3 aromatic carbocycles. The van der Waals surface area contributed by atoms with Crippen molar-refractivity contribution in [1.82, 2.24) is 0 Å². The summed E-state index contributed by atoms with van der Waals surface area (Å²) < 4.78 is 25.0. The average molecular weight is 390 g/mol. The molecule has 4 nitrogen and oxygen atoms in total. The van der Waals surface area contributed by atoms with Crippen molar-refractivity contribution >= 4 is 5.97 Å². The molecule has 0 aromatic heterocycles. The predicted octanol–water partition coefficient (Wildman–Crippen LogP) is 5.13. The van der Waals surface area contributed by atoms with Crippen LogP contribution in [0.25, 0.3) is 22.3 Å². The summed E-state index contributed by atoms with van der Waals surface area (Å²) in [6, 6.07) is 18.5. The number of esters is 1. The Kier molecular flexibility index (Phi) is 6.22. The molecule has 1 atom stereocenters. The summed E-state index contributed by atoms with van der Waals surface area (Å²) in [5, 5.41) is 9.42. The topological polar surface area (TPSA) is 55.8 Å². The van der Waals surface area contributed by atoms with Gasteiger partial charge in [0.25, 0.3) is 0 Å². The van der Waals surface area contributed by atoms with Crippen molar-refractivity contribution in [2.45, 2.75) is 6.29 Å². The third-order valence-corrected chi connectivity index (χ3v) is 4.17. The van der Waals surface area contributed by atoms with Crippen LogP contribution in [0, 0.1) is 5.82 Å². The van der Waals surface area contributed by atoms with E-state index in [9.17, 15) is 14.3 Å². The number of hydrogen-bond donors (Lipinski definition) is 1. The molecular formula is C24H19FO4. The fourth-order valence-corrected chi connectivity index (χ4v) is 2.70. The van der Waals surface area contributed by atoms with Gasteiger partial charge in [-0.1, -0.05) is 49.6 Å². The first-order chi connectivity index (χ1) is 14.0. The van der Waals surface area contributed by atoms with E-state index in [2.05, 4.69) is 13.2 Å². The number of benzene rings is 3. The second kappa shape index (κ2) is 8.99. The molecule has 146 valence electrons. The maximum Gasteiger partial charge on any atom is 0.335 e. The number of aliphatic hydroxyl groups excluding tert-OH is 1. The van der Waals surface area contributed by atoms with Gasteiger partial charge in [-0.3, -0.25) is 0 Å². The average Bonchev–Trinajstić information content (AvgIpc) is 2.74. The molecule has 0 aliphatic carbocycles. The fraction of sp³-hybridized carbons (Fsp3) is 0.0417. The highest BCUT2D eigenvalue weighted by Crippen LogP contribution is 2.30. The minimum absolute atomic E-state index is 0.371. The van der Waals surface area contributed by atoms with Gasteiger partial charge in [-0.15, -0.1) is 0 Å². The van der Waals surface area contributed by atoms with Crippen LogP contribution in [0.2, 0.25) is 0 Å². The summed E-state index contributed by atoms with van der Waals surface area (Å²) in [4.78, 5) is 11.2. The molecule has 0 saturated heterocycles. The Labute approximate surface area is 168 Å². The van der Waals surface area contributed by atoms with E-state index in [-0.39, 0.29) is 5.82 Å². The zero-order chi connectivity index (χ0) is 20.8. The second-order valence-corrected chi connectivity index (χ2v) is 6.11. The lowest BCUT2D eigenvalue weighted by Gasteiger charge is -2.11. The van der Waals surface area contributed by atoms with Crippen molar-refractivity contribution in [2.24, 2.45) is 0 Å². The fourth-order valence-electron chi connectivity index (χ4n) is 2.70. The summed E-state index contributed by atoms with van der Waals surface area (Å²) >= 11 is 0. The molecule has 3 rings (SSSR count). The van der Waals surface area contributed by atoms with Crippen molar-refractivity contribution in [2.75, 3.05) is 0 Å². The lowest BCUT2D eigenvalue weighted by atomic mass is 9.99. The van der Waals surface area contributed by atoms with Crippen LogP contribution < -0.4 is 9.47 Å². The highest BCUT2D eigenvalue weighted by molar-refractivity contribution is 5.83. The Bertz CT molecular complexity index is 1020. The van der Waals surface area contributed by atoms with Crippen LogP contribution in [0.5, 0.6) is 11.5 Å². The van der Waals surface area contributed by atoms with Crippen molar-refractivity contribution in [1.29, 1.82) is 0 Å². The summed E-state index contributed by atoms with van der Waals surface area (Å²) in [5.41, 5.74) is 2.61. The minimum atomic E-state index is -1.09. The standard InChI is InChI=1S/C24H19FO4/c1-3-23(26)28-19-10-5-16(6-11-19)18-9-14-21(22(25)15-18)17-7-12-20(13-8-17)29-24(27)4-2/h3-15,24,27H,1-2H2. The molecule has 0 fully saturated rings. The Morgan fingerprint density at radius 2 is 1.48 bits per heavy atom. The molecule has 1 N–H and O–H groups in total. The van der Waals surface area contributed by atoms with Gasteiger partial charge in [0.2, 0.25) is 6.29 Å². The number of rotatable bonds is 7. The molecule has 0 aliphatic rings. The molecule has 0 saturated carbocycles. The van der Waals surface area contributed by atoms with Crippen molar-refractivity contribution in [3.05, 3.63) is 97.9 Å². The van der Waals surface area contributed by atoms with Crippen molar-refractivity contribution in [3.63, 3.8) is 0 Å². The van der Waals surface area contributed by atoms with Crippen LogP contribution in [0.15, 0.2) is 92.0 Å². The van der Waals surface area contributed by atoms with Crippen molar-refractivity contribution in [3.8, 4) is 33.8 Å². The number of carbonyl (C=O) groups is 1. The summed E-state index contributed by atoms with van der Waals surface area (Å²) in [6.07, 6.45) is 1.26. The van der Waals surface area contributed by atoms with Crippen molar-refractivity contribution < 1.29 is 23.8 Å². The maximum atomic E-state index is 14.7. The number of aliphatic hydroxyl groups is 1. The quantitative estimate of drug-likeness (QED) is 0.200. The Hall–Kier alpha value is -3.70. The largest absolute Gasteiger partial charge is 0.461 e.